The number of pyridine rings is 3. The van der Waals surface area contributed by atoms with Crippen LogP contribution in [-0.2, 0) is 0 Å². The Labute approximate surface area is 347 Å². The minimum absolute atomic E-state index is 0.00984. The van der Waals surface area contributed by atoms with Gasteiger partial charge in [0.2, 0.25) is 0 Å². The highest BCUT2D eigenvalue weighted by atomic mass is 14.9. The standard InChI is InChI=1S/C53H39N7/c1-2-24-54-46(7-1)47-23-17-33-9-15-39(31-49(33)58-47)43-20-16-32-8-14-38(30-48(32)57-43)40-27-41(44-21-18-36-12-10-34-5-3-25-55-50(34)52(36)59-44)29-42(28-40)45-22-19-37-13-11-35-6-4-26-56-51(35)53(37)60-45/h1-23,27-31,48,54-57H,24-26H2. The van der Waals surface area contributed by atoms with Gasteiger partial charge in [-0.1, -0.05) is 115 Å². The number of benzene rings is 4. The van der Waals surface area contributed by atoms with Gasteiger partial charge in [0.25, 0.3) is 0 Å². The van der Waals surface area contributed by atoms with E-state index < -0.39 is 0 Å². The third-order valence-corrected chi connectivity index (χ3v) is 12.0. The minimum atomic E-state index is -0.00984. The van der Waals surface area contributed by atoms with Gasteiger partial charge in [0.1, 0.15) is 0 Å². The van der Waals surface area contributed by atoms with Crippen molar-refractivity contribution in [3.05, 3.63) is 191 Å². The number of allylic oxidation sites excluding steroid dienone is 6. The maximum Gasteiger partial charge on any atom is 0.0947 e. The van der Waals surface area contributed by atoms with Gasteiger partial charge >= 0.3 is 0 Å². The molecule has 4 aromatic carbocycles. The van der Waals surface area contributed by atoms with Crippen molar-refractivity contribution in [2.75, 3.05) is 30.3 Å². The van der Waals surface area contributed by atoms with Crippen LogP contribution in [0, 0.1) is 0 Å². The zero-order valence-corrected chi connectivity index (χ0v) is 32.7. The Hall–Kier alpha value is -7.77. The third-order valence-electron chi connectivity index (χ3n) is 12.0. The van der Waals surface area contributed by atoms with Gasteiger partial charge in [-0.05, 0) is 88.0 Å². The maximum atomic E-state index is 5.33. The molecule has 0 bridgehead atoms. The molecule has 7 nitrogen and oxygen atoms in total. The number of rotatable bonds is 5. The van der Waals surface area contributed by atoms with Crippen molar-refractivity contribution in [2.24, 2.45) is 0 Å². The Balaban J connectivity index is 0.939. The number of nitrogens with one attached hydrogen (secondary N) is 4. The molecule has 0 spiro atoms. The first-order chi connectivity index (χ1) is 29.7. The van der Waals surface area contributed by atoms with Crippen LogP contribution in [0.4, 0.5) is 11.4 Å². The van der Waals surface area contributed by atoms with E-state index in [0.29, 0.717) is 0 Å². The first kappa shape index (κ1) is 34.3. The summed E-state index contributed by atoms with van der Waals surface area (Å²) in [5.41, 5.74) is 18.9. The molecule has 7 aromatic rings. The minimum Gasteiger partial charge on any atom is -0.380 e. The number of aromatic nitrogens is 3. The molecule has 7 heteroatoms. The fourth-order valence-corrected chi connectivity index (χ4v) is 8.91. The zero-order chi connectivity index (χ0) is 39.6. The first-order valence-corrected chi connectivity index (χ1v) is 20.6. The summed E-state index contributed by atoms with van der Waals surface area (Å²) in [5, 5.41) is 17.8. The van der Waals surface area contributed by atoms with E-state index in [0.717, 1.165) is 131 Å². The van der Waals surface area contributed by atoms with Crippen LogP contribution in [0.2, 0.25) is 0 Å². The maximum absolute atomic E-state index is 5.33. The fraction of sp³-hybridized carbons (Fsp3) is 0.0755. The largest absolute Gasteiger partial charge is 0.380 e. The summed E-state index contributed by atoms with van der Waals surface area (Å²) in [7, 11) is 0. The summed E-state index contributed by atoms with van der Waals surface area (Å²) in [6.45, 7) is 2.38. The van der Waals surface area contributed by atoms with Gasteiger partial charge in [-0.3, -0.25) is 0 Å². The van der Waals surface area contributed by atoms with Crippen molar-refractivity contribution in [3.63, 3.8) is 0 Å². The van der Waals surface area contributed by atoms with E-state index in [1.165, 1.54) is 5.57 Å². The van der Waals surface area contributed by atoms with Crippen molar-refractivity contribution < 1.29 is 0 Å². The Morgan fingerprint density at radius 1 is 0.467 bits per heavy atom. The number of dihydropyridines is 2. The molecule has 4 N–H and O–H groups in total. The van der Waals surface area contributed by atoms with E-state index in [1.807, 2.05) is 0 Å². The number of hydrogen-bond donors (Lipinski definition) is 4. The molecular weight excluding hydrogens is 735 g/mol. The van der Waals surface area contributed by atoms with E-state index >= 15 is 0 Å². The average Bonchev–Trinajstić information content (AvgIpc) is 3.33. The first-order valence-electron chi connectivity index (χ1n) is 20.6. The van der Waals surface area contributed by atoms with Gasteiger partial charge < -0.3 is 21.3 Å². The summed E-state index contributed by atoms with van der Waals surface area (Å²) >= 11 is 0. The van der Waals surface area contributed by atoms with E-state index in [-0.39, 0.29) is 6.04 Å². The molecule has 0 saturated carbocycles. The van der Waals surface area contributed by atoms with E-state index in [4.69, 9.17) is 15.0 Å². The molecule has 3 aromatic heterocycles. The summed E-state index contributed by atoms with van der Waals surface area (Å²) in [6.07, 6.45) is 26.1. The lowest BCUT2D eigenvalue weighted by Gasteiger charge is -2.27. The predicted octanol–water partition coefficient (Wildman–Crippen LogP) is 10.9. The fourth-order valence-electron chi connectivity index (χ4n) is 8.91. The highest BCUT2D eigenvalue weighted by molar-refractivity contribution is 5.99. The lowest BCUT2D eigenvalue weighted by Crippen LogP contribution is -2.31. The molecule has 0 amide bonds. The van der Waals surface area contributed by atoms with E-state index in [9.17, 15) is 0 Å². The summed E-state index contributed by atoms with van der Waals surface area (Å²) in [6, 6.07) is 34.9. The second-order valence-corrected chi connectivity index (χ2v) is 15.8. The molecule has 60 heavy (non-hydrogen) atoms. The Kier molecular flexibility index (Phi) is 7.98. The molecule has 1 atom stereocenters. The molecular formula is C53H39N7. The molecule has 0 radical (unpaired) electrons. The molecule has 0 saturated heterocycles. The van der Waals surface area contributed by atoms with Crippen LogP contribution in [0.3, 0.4) is 0 Å². The van der Waals surface area contributed by atoms with Crippen LogP contribution in [0.15, 0.2) is 163 Å². The summed E-state index contributed by atoms with van der Waals surface area (Å²) < 4.78 is 0. The van der Waals surface area contributed by atoms with Crippen LogP contribution >= 0.6 is 0 Å². The predicted molar refractivity (Wildman–Crippen MR) is 250 cm³/mol. The van der Waals surface area contributed by atoms with Gasteiger partial charge in [-0.2, -0.15) is 0 Å². The molecule has 12 rings (SSSR count). The lowest BCUT2D eigenvalue weighted by molar-refractivity contribution is 0.815. The lowest BCUT2D eigenvalue weighted by atomic mass is 9.88. The number of nitrogens with zero attached hydrogens (tertiary/aromatic N) is 3. The van der Waals surface area contributed by atoms with E-state index in [1.54, 1.807) is 0 Å². The van der Waals surface area contributed by atoms with Gasteiger partial charge in [0.15, 0.2) is 0 Å². The monoisotopic (exact) mass is 773 g/mol. The van der Waals surface area contributed by atoms with Gasteiger partial charge in [-0.25, -0.2) is 15.0 Å². The van der Waals surface area contributed by atoms with Gasteiger partial charge in [0.05, 0.1) is 56.7 Å². The molecule has 7 heterocycles. The average molecular weight is 774 g/mol. The van der Waals surface area contributed by atoms with Crippen LogP contribution in [-0.4, -0.2) is 40.6 Å². The van der Waals surface area contributed by atoms with Crippen molar-refractivity contribution >= 4 is 73.2 Å². The van der Waals surface area contributed by atoms with Crippen molar-refractivity contribution in [1.82, 2.24) is 25.6 Å². The van der Waals surface area contributed by atoms with Crippen LogP contribution < -0.4 is 21.3 Å². The van der Waals surface area contributed by atoms with Crippen molar-refractivity contribution in [3.8, 4) is 22.5 Å². The SMILES string of the molecule is C1=CCNC(c2ccc3ccc(C4=CC=C5C=CC(c6cc(-c7ccc8ccc9c(c8n7)NCC=C9)cc(-c7ccc8ccc9c(c8n7)NCC=C9)c6)=CC5N4)cc3n2)=C1. The second-order valence-electron chi connectivity index (χ2n) is 15.8. The quantitative estimate of drug-likeness (QED) is 0.139. The summed E-state index contributed by atoms with van der Waals surface area (Å²) in [5.74, 6) is 0. The van der Waals surface area contributed by atoms with Crippen LogP contribution in [0.1, 0.15) is 27.9 Å². The Bertz CT molecular complexity index is 3120. The van der Waals surface area contributed by atoms with Crippen LogP contribution in [0.5, 0.6) is 0 Å². The topological polar surface area (TPSA) is 86.8 Å². The molecule has 0 fully saturated rings. The van der Waals surface area contributed by atoms with Crippen molar-refractivity contribution in [2.45, 2.75) is 6.04 Å². The molecule has 5 aliphatic rings. The van der Waals surface area contributed by atoms with Crippen LogP contribution in [0.25, 0.3) is 84.3 Å². The highest BCUT2D eigenvalue weighted by Crippen LogP contribution is 2.38. The highest BCUT2D eigenvalue weighted by Gasteiger charge is 2.22. The third kappa shape index (κ3) is 6.02. The molecule has 286 valence electrons. The number of hydrogen-bond acceptors (Lipinski definition) is 7. The smallest absolute Gasteiger partial charge is 0.0947 e. The van der Waals surface area contributed by atoms with Gasteiger partial charge in [0, 0.05) is 52.6 Å². The number of fused-ring (bicyclic) bond motifs is 8. The zero-order valence-electron chi connectivity index (χ0n) is 32.7. The molecule has 1 aliphatic carbocycles. The summed E-state index contributed by atoms with van der Waals surface area (Å²) in [4.78, 5) is 15.7. The Morgan fingerprint density at radius 2 is 1.10 bits per heavy atom. The molecule has 4 aliphatic heterocycles. The Morgan fingerprint density at radius 3 is 1.80 bits per heavy atom. The normalized spacial score (nSPS) is 17.3. The van der Waals surface area contributed by atoms with Crippen molar-refractivity contribution in [1.29, 1.82) is 0 Å². The molecule has 1 unspecified atom stereocenters. The second kappa shape index (κ2) is 14.0. The van der Waals surface area contributed by atoms with Gasteiger partial charge in [-0.15, -0.1) is 0 Å². The van der Waals surface area contributed by atoms with E-state index in [2.05, 4.69) is 191 Å². The number of anilines is 2.